The van der Waals surface area contributed by atoms with Gasteiger partial charge in [-0.2, -0.15) is 0 Å². The van der Waals surface area contributed by atoms with Crippen LogP contribution in [0.5, 0.6) is 0 Å². The van der Waals surface area contributed by atoms with E-state index in [0.29, 0.717) is 11.1 Å². The van der Waals surface area contributed by atoms with E-state index in [-0.39, 0.29) is 34.5 Å². The number of unbranched alkanes of at least 4 members (excludes halogenated alkanes) is 4. The van der Waals surface area contributed by atoms with Crippen LogP contribution in [0.15, 0.2) is 110 Å². The summed E-state index contributed by atoms with van der Waals surface area (Å²) in [5.74, 6) is 0.368. The van der Waals surface area contributed by atoms with Gasteiger partial charge in [-0.15, -0.1) is 34.0 Å². The Balaban J connectivity index is 1.54. The third-order valence-electron chi connectivity index (χ3n) is 14.0. The summed E-state index contributed by atoms with van der Waals surface area (Å²) in [5.41, 5.74) is 6.46. The Morgan fingerprint density at radius 2 is 1.18 bits per heavy atom. The summed E-state index contributed by atoms with van der Waals surface area (Å²) in [5, 5.41) is 1.76. The van der Waals surface area contributed by atoms with Crippen molar-refractivity contribution >= 4 is 76.0 Å². The van der Waals surface area contributed by atoms with Gasteiger partial charge in [-0.1, -0.05) is 193 Å². The summed E-state index contributed by atoms with van der Waals surface area (Å²) in [4.78, 5) is 38.3. The Morgan fingerprint density at radius 3 is 1.78 bits per heavy atom. The van der Waals surface area contributed by atoms with Crippen molar-refractivity contribution < 1.29 is 9.59 Å². The van der Waals surface area contributed by atoms with E-state index in [1.165, 1.54) is 42.9 Å². The van der Waals surface area contributed by atoms with E-state index < -0.39 is 0 Å². The number of hydrogen-bond donors (Lipinski definition) is 0. The average molecular weight is 947 g/mol. The van der Waals surface area contributed by atoms with Gasteiger partial charge >= 0.3 is 0 Å². The van der Waals surface area contributed by atoms with Crippen LogP contribution >= 0.6 is 34.0 Å². The molecule has 8 rings (SSSR count). The Labute approximate surface area is 412 Å². The first-order valence-corrected chi connectivity index (χ1v) is 27.5. The van der Waals surface area contributed by atoms with Crippen molar-refractivity contribution in [3.05, 3.63) is 141 Å². The normalized spacial score (nSPS) is 16.2. The number of thiophene rings is 3. The lowest BCUT2D eigenvalue weighted by atomic mass is 9.76. The summed E-state index contributed by atoms with van der Waals surface area (Å²) in [6.45, 7) is 22.4. The monoisotopic (exact) mass is 946 g/mol. The lowest BCUT2D eigenvalue weighted by Crippen LogP contribution is -2.32. The summed E-state index contributed by atoms with van der Waals surface area (Å²) in [6, 6.07) is 25.6. The molecular formula is C60H70N2O2S3. The molecule has 0 radical (unpaired) electrons. The maximum absolute atomic E-state index is 16.0. The fourth-order valence-corrected chi connectivity index (χ4v) is 14.3. The summed E-state index contributed by atoms with van der Waals surface area (Å²) < 4.78 is 5.16. The molecule has 0 bridgehead atoms. The zero-order valence-corrected chi connectivity index (χ0v) is 44.0. The van der Waals surface area contributed by atoms with Gasteiger partial charge < -0.3 is 0 Å². The van der Waals surface area contributed by atoms with Crippen molar-refractivity contribution in [1.29, 1.82) is 0 Å². The van der Waals surface area contributed by atoms with Crippen LogP contribution < -0.4 is 10.4 Å². The van der Waals surface area contributed by atoms with Crippen molar-refractivity contribution in [3.8, 4) is 22.3 Å². The second-order valence-corrected chi connectivity index (χ2v) is 23.2. The standard InChI is InChI=1S/C60H70N2O2S3/c1-11-15-18-25-34-59(9,14-4)56-50-48(42-28-23-20-24-29-42)51-49(47(41-26-21-19-22-27-41)52(50)58(64)62(56)36-31-40(7)8)53(61(57(51)63)35-30-39(5)6)43-37-44-54(66-43)55-45(65-44)38-46(67-55)60(10,32-16-12-2)33-17-13-3/h16,19-24,26-32,35-40H,11-15,17-18,25,33-34H2,1-10H3/b32-16-,35-30+,36-31+. The molecule has 0 N–H and O–H groups in total. The van der Waals surface area contributed by atoms with Gasteiger partial charge in [0.2, 0.25) is 0 Å². The molecule has 0 spiro atoms. The number of carbonyl (C=O) groups is 2. The maximum atomic E-state index is 16.0. The van der Waals surface area contributed by atoms with Crippen molar-refractivity contribution in [2.75, 3.05) is 0 Å². The highest BCUT2D eigenvalue weighted by atomic mass is 32.1. The van der Waals surface area contributed by atoms with Crippen LogP contribution in [0, 0.1) is 17.3 Å². The number of nitrogens with zero attached hydrogens (tertiary/aromatic N) is 2. The number of amides is 2. The molecular weight excluding hydrogens is 877 g/mol. The van der Waals surface area contributed by atoms with Gasteiger partial charge in [-0.3, -0.25) is 19.4 Å². The van der Waals surface area contributed by atoms with Crippen LogP contribution in [0.2, 0.25) is 0 Å². The topological polar surface area (TPSA) is 40.6 Å². The smallest absolute Gasteiger partial charge is 0.263 e. The second kappa shape index (κ2) is 20.4. The fourth-order valence-electron chi connectivity index (χ4n) is 10.1. The van der Waals surface area contributed by atoms with Gasteiger partial charge in [-0.05, 0) is 60.8 Å². The van der Waals surface area contributed by atoms with E-state index in [4.69, 9.17) is 0 Å². The molecule has 7 heteroatoms. The maximum Gasteiger partial charge on any atom is 0.263 e. The lowest BCUT2D eigenvalue weighted by molar-refractivity contribution is 0.0868. The Kier molecular flexibility index (Phi) is 14.8. The van der Waals surface area contributed by atoms with Gasteiger partial charge in [0.1, 0.15) is 0 Å². The highest BCUT2D eigenvalue weighted by molar-refractivity contribution is 7.38. The summed E-state index contributed by atoms with van der Waals surface area (Å²) >= 11 is 5.60. The van der Waals surface area contributed by atoms with E-state index in [1.54, 1.807) is 11.3 Å². The first kappa shape index (κ1) is 48.6. The lowest BCUT2D eigenvalue weighted by Gasteiger charge is -2.35. The molecule has 0 aliphatic carbocycles. The Morgan fingerprint density at radius 1 is 0.612 bits per heavy atom. The van der Waals surface area contributed by atoms with Crippen molar-refractivity contribution in [1.82, 2.24) is 9.80 Å². The zero-order valence-electron chi connectivity index (χ0n) is 41.6. The van der Waals surface area contributed by atoms with Crippen LogP contribution in [0.1, 0.15) is 164 Å². The SMILES string of the molecule is CC/C=C\C(C)(CCCC)c1cc2sc3cc(C4=c5c(c(-c6ccccc6)c6c(c5-c5ccccc5)C(=O)N(/C=C/C(C)C)C=6C(C)(CC)CCCCCC)C(=O)N4/C=C/C(C)C)sc3c2s1. The predicted octanol–water partition coefficient (Wildman–Crippen LogP) is 16.8. The molecule has 0 saturated carbocycles. The largest absolute Gasteiger partial charge is 0.287 e. The number of fused-ring (bicyclic) bond motifs is 5. The predicted molar refractivity (Wildman–Crippen MR) is 291 cm³/mol. The van der Waals surface area contributed by atoms with Crippen molar-refractivity contribution in [3.63, 3.8) is 0 Å². The van der Waals surface area contributed by atoms with Crippen LogP contribution in [0.25, 0.3) is 52.4 Å². The van der Waals surface area contributed by atoms with Crippen LogP contribution in [0.3, 0.4) is 0 Å². The number of allylic oxidation sites excluding steroid dienone is 4. The first-order chi connectivity index (χ1) is 32.3. The molecule has 5 heterocycles. The molecule has 3 aromatic carbocycles. The molecule has 2 aliphatic rings. The number of benzene rings is 3. The number of rotatable bonds is 20. The van der Waals surface area contributed by atoms with Crippen molar-refractivity contribution in [2.24, 2.45) is 17.3 Å². The summed E-state index contributed by atoms with van der Waals surface area (Å²) in [7, 11) is 0. The zero-order chi connectivity index (χ0) is 47.6. The second-order valence-electron chi connectivity index (χ2n) is 20.0. The van der Waals surface area contributed by atoms with Gasteiger partial charge in [0.25, 0.3) is 11.8 Å². The van der Waals surface area contributed by atoms with Crippen molar-refractivity contribution in [2.45, 2.75) is 139 Å². The minimum Gasteiger partial charge on any atom is -0.287 e. The van der Waals surface area contributed by atoms with Crippen LogP contribution in [-0.2, 0) is 5.41 Å². The van der Waals surface area contributed by atoms with E-state index in [9.17, 15) is 0 Å². The summed E-state index contributed by atoms with van der Waals surface area (Å²) in [6.07, 6.45) is 24.0. The van der Waals surface area contributed by atoms with Crippen LogP contribution in [-0.4, -0.2) is 21.6 Å². The quantitative estimate of drug-likeness (QED) is 0.0565. The molecule has 3 aromatic heterocycles. The van der Waals surface area contributed by atoms with Gasteiger partial charge in [0.15, 0.2) is 0 Å². The molecule has 350 valence electrons. The highest BCUT2D eigenvalue weighted by Gasteiger charge is 2.45. The third-order valence-corrected chi connectivity index (χ3v) is 18.1. The molecule has 6 aromatic rings. The van der Waals surface area contributed by atoms with Gasteiger partial charge in [0, 0.05) is 64.8 Å². The molecule has 2 aliphatic heterocycles. The molecule has 2 atom stereocenters. The van der Waals surface area contributed by atoms with E-state index in [2.05, 4.69) is 154 Å². The third kappa shape index (κ3) is 9.13. The molecule has 0 fully saturated rings. The molecule has 67 heavy (non-hydrogen) atoms. The van der Waals surface area contributed by atoms with Crippen LogP contribution in [0.4, 0.5) is 0 Å². The Bertz CT molecular complexity index is 3000. The molecule has 4 nitrogen and oxygen atoms in total. The molecule has 2 unspecified atom stereocenters. The Hall–Kier alpha value is -4.82. The number of carbonyl (C=O) groups excluding carboxylic acids is 2. The minimum absolute atomic E-state index is 0.0192. The van der Waals surface area contributed by atoms with Gasteiger partial charge in [-0.25, -0.2) is 0 Å². The number of hydrogen-bond acceptors (Lipinski definition) is 5. The van der Waals surface area contributed by atoms with E-state index in [1.807, 2.05) is 57.0 Å². The minimum atomic E-state index is -0.352. The van der Waals surface area contributed by atoms with E-state index in [0.717, 1.165) is 93.9 Å². The molecule has 0 saturated heterocycles. The fraction of sp³-hybridized carbons (Fsp3) is 0.400. The molecule has 2 amide bonds. The first-order valence-electron chi connectivity index (χ1n) is 25.1. The highest BCUT2D eigenvalue weighted by Crippen LogP contribution is 2.50. The average Bonchev–Trinajstić information content (AvgIpc) is 4.13. The van der Waals surface area contributed by atoms with Gasteiger partial charge in [0.05, 0.1) is 31.1 Å². The van der Waals surface area contributed by atoms with E-state index >= 15 is 9.59 Å².